The highest BCUT2D eigenvalue weighted by Gasteiger charge is 2.20. The molecule has 152 valence electrons. The molecule has 2 rings (SSSR count). The first-order chi connectivity index (χ1) is 13.8. The molecule has 0 bridgehead atoms. The predicted molar refractivity (Wildman–Crippen MR) is 105 cm³/mol. The first kappa shape index (κ1) is 21.4. The van der Waals surface area contributed by atoms with Crippen molar-refractivity contribution in [3.63, 3.8) is 0 Å². The van der Waals surface area contributed by atoms with E-state index in [2.05, 4.69) is 10.4 Å². The average Bonchev–Trinajstić information content (AvgIpc) is 2.70. The van der Waals surface area contributed by atoms with Gasteiger partial charge in [-0.1, -0.05) is 30.3 Å². The molecule has 3 N–H and O–H groups in total. The van der Waals surface area contributed by atoms with Crippen LogP contribution in [0.2, 0.25) is 0 Å². The molecule has 0 heterocycles. The topological polar surface area (TPSA) is 143 Å². The van der Waals surface area contributed by atoms with E-state index in [9.17, 15) is 24.8 Å². The number of phenols is 1. The summed E-state index contributed by atoms with van der Waals surface area (Å²) in [5.74, 6) is -2.58. The molecular weight excluding hydrogens is 380 g/mol. The first-order valence-corrected chi connectivity index (χ1v) is 8.66. The summed E-state index contributed by atoms with van der Waals surface area (Å²) >= 11 is 0. The van der Waals surface area contributed by atoms with Crippen molar-refractivity contribution in [2.45, 2.75) is 19.9 Å². The Labute approximate surface area is 166 Å². The summed E-state index contributed by atoms with van der Waals surface area (Å²) in [5.41, 5.74) is 2.50. The fraction of sp³-hybridized carbons (Fsp3) is 0.211. The Morgan fingerprint density at radius 2 is 1.97 bits per heavy atom. The maximum absolute atomic E-state index is 12.0. The van der Waals surface area contributed by atoms with Gasteiger partial charge in [-0.25, -0.2) is 5.43 Å². The van der Waals surface area contributed by atoms with Crippen LogP contribution in [0.25, 0.3) is 0 Å². The minimum absolute atomic E-state index is 0.0936. The Morgan fingerprint density at radius 1 is 1.28 bits per heavy atom. The van der Waals surface area contributed by atoms with E-state index >= 15 is 0 Å². The Kier molecular flexibility index (Phi) is 7.24. The summed E-state index contributed by atoms with van der Waals surface area (Å²) in [6.07, 6.45) is 1.10. The second-order valence-electron chi connectivity index (χ2n) is 5.88. The van der Waals surface area contributed by atoms with Crippen LogP contribution in [0.4, 0.5) is 5.69 Å². The molecule has 0 aliphatic carbocycles. The number of nitrogens with one attached hydrogen (secondary N) is 2. The van der Waals surface area contributed by atoms with Crippen LogP contribution in [-0.4, -0.2) is 34.7 Å². The van der Waals surface area contributed by atoms with Crippen LogP contribution in [0.5, 0.6) is 11.5 Å². The molecule has 10 nitrogen and oxygen atoms in total. The van der Waals surface area contributed by atoms with Crippen LogP contribution in [-0.2, 0) is 9.59 Å². The van der Waals surface area contributed by atoms with Gasteiger partial charge in [0.2, 0.25) is 5.75 Å². The van der Waals surface area contributed by atoms with Crippen LogP contribution >= 0.6 is 0 Å². The molecule has 0 aliphatic heterocycles. The average molecular weight is 400 g/mol. The van der Waals surface area contributed by atoms with Gasteiger partial charge in [0.15, 0.2) is 5.75 Å². The third-order valence-electron chi connectivity index (χ3n) is 3.81. The molecule has 2 amide bonds. The zero-order chi connectivity index (χ0) is 21.4. The number of nitro groups is 1. The lowest BCUT2D eigenvalue weighted by atomic mass is 10.1. The molecule has 1 atom stereocenters. The number of hydrazone groups is 1. The van der Waals surface area contributed by atoms with E-state index in [1.165, 1.54) is 6.07 Å². The molecule has 0 aliphatic rings. The summed E-state index contributed by atoms with van der Waals surface area (Å²) in [4.78, 5) is 34.1. The summed E-state index contributed by atoms with van der Waals surface area (Å²) in [6, 6.07) is 11.1. The number of hydrogen-bond donors (Lipinski definition) is 3. The van der Waals surface area contributed by atoms with Gasteiger partial charge in [0.1, 0.15) is 0 Å². The molecular formula is C19H20N4O6. The number of rotatable bonds is 7. The van der Waals surface area contributed by atoms with Gasteiger partial charge in [-0.2, -0.15) is 5.10 Å². The fourth-order valence-electron chi connectivity index (χ4n) is 2.40. The quantitative estimate of drug-likeness (QED) is 0.281. The highest BCUT2D eigenvalue weighted by Crippen LogP contribution is 2.36. The largest absolute Gasteiger partial charge is 0.500 e. The van der Waals surface area contributed by atoms with E-state index in [0.29, 0.717) is 0 Å². The first-order valence-electron chi connectivity index (χ1n) is 8.66. The lowest BCUT2D eigenvalue weighted by Gasteiger charge is -2.13. The number of ether oxygens (including phenoxy) is 1. The number of carbonyl (C=O) groups is 2. The van der Waals surface area contributed by atoms with Crippen LogP contribution < -0.4 is 15.5 Å². The maximum Gasteiger partial charge on any atom is 0.329 e. The van der Waals surface area contributed by atoms with Crippen molar-refractivity contribution in [2.75, 3.05) is 6.61 Å². The number of benzene rings is 2. The second-order valence-corrected chi connectivity index (χ2v) is 5.88. The van der Waals surface area contributed by atoms with E-state index in [0.717, 1.165) is 17.8 Å². The summed E-state index contributed by atoms with van der Waals surface area (Å²) in [5, 5.41) is 27.1. The molecule has 2 aromatic carbocycles. The normalized spacial score (nSPS) is 11.7. The molecule has 29 heavy (non-hydrogen) atoms. The minimum Gasteiger partial charge on any atom is -0.500 e. The van der Waals surface area contributed by atoms with E-state index in [-0.39, 0.29) is 24.0 Å². The lowest BCUT2D eigenvalue weighted by molar-refractivity contribution is -0.386. The zero-order valence-corrected chi connectivity index (χ0v) is 15.8. The van der Waals surface area contributed by atoms with E-state index in [1.807, 2.05) is 35.8 Å². The molecule has 10 heteroatoms. The molecule has 0 saturated heterocycles. The Balaban J connectivity index is 2.04. The molecule has 0 radical (unpaired) electrons. The van der Waals surface area contributed by atoms with E-state index in [1.54, 1.807) is 13.8 Å². The monoisotopic (exact) mass is 400 g/mol. The van der Waals surface area contributed by atoms with Crippen LogP contribution in [0.3, 0.4) is 0 Å². The van der Waals surface area contributed by atoms with Crippen molar-refractivity contribution < 1.29 is 24.4 Å². The van der Waals surface area contributed by atoms with Crippen molar-refractivity contribution in [1.29, 1.82) is 0 Å². The molecule has 0 aromatic heterocycles. The van der Waals surface area contributed by atoms with Gasteiger partial charge in [0.05, 0.1) is 23.8 Å². The predicted octanol–water partition coefficient (Wildman–Crippen LogP) is 2.03. The summed E-state index contributed by atoms with van der Waals surface area (Å²) in [6.45, 7) is 3.57. The smallest absolute Gasteiger partial charge is 0.329 e. The molecule has 0 fully saturated rings. The van der Waals surface area contributed by atoms with Gasteiger partial charge in [-0.05, 0) is 25.5 Å². The van der Waals surface area contributed by atoms with Crippen molar-refractivity contribution >= 4 is 23.7 Å². The number of hydrogen-bond acceptors (Lipinski definition) is 7. The van der Waals surface area contributed by atoms with Crippen LogP contribution in [0.1, 0.15) is 31.0 Å². The number of phenolic OH excluding ortho intramolecular Hbond substituents is 1. The number of nitrogens with zero attached hydrogens (tertiary/aromatic N) is 2. The molecule has 2 aromatic rings. The highest BCUT2D eigenvalue weighted by atomic mass is 16.6. The van der Waals surface area contributed by atoms with Gasteiger partial charge in [-0.15, -0.1) is 0 Å². The van der Waals surface area contributed by atoms with Crippen molar-refractivity contribution in [3.05, 3.63) is 63.7 Å². The molecule has 0 saturated carbocycles. The third-order valence-corrected chi connectivity index (χ3v) is 3.81. The van der Waals surface area contributed by atoms with Gasteiger partial charge in [0.25, 0.3) is 0 Å². The lowest BCUT2D eigenvalue weighted by Crippen LogP contribution is -2.39. The summed E-state index contributed by atoms with van der Waals surface area (Å²) < 4.78 is 5.15. The number of nitro benzene ring substituents is 1. The number of aromatic hydroxyl groups is 1. The van der Waals surface area contributed by atoms with Crippen molar-refractivity contribution in [3.8, 4) is 11.5 Å². The molecule has 0 unspecified atom stereocenters. The second kappa shape index (κ2) is 9.83. The van der Waals surface area contributed by atoms with Crippen molar-refractivity contribution in [1.82, 2.24) is 10.7 Å². The Bertz CT molecular complexity index is 930. The SMILES string of the molecule is CCOc1cc(/C=N/NC(=O)C(=O)N[C@@H](C)c2ccccc2)cc([N+](=O)[O-])c1O. The Morgan fingerprint density at radius 3 is 2.59 bits per heavy atom. The van der Waals surface area contributed by atoms with Gasteiger partial charge in [0, 0.05) is 11.6 Å². The van der Waals surface area contributed by atoms with E-state index in [4.69, 9.17) is 4.74 Å². The third kappa shape index (κ3) is 5.76. The fourth-order valence-corrected chi connectivity index (χ4v) is 2.40. The highest BCUT2D eigenvalue weighted by molar-refractivity contribution is 6.35. The minimum atomic E-state index is -0.998. The molecule has 0 spiro atoms. The number of amides is 2. The maximum atomic E-state index is 12.0. The Hall–Kier alpha value is -3.95. The summed E-state index contributed by atoms with van der Waals surface area (Å²) in [7, 11) is 0. The van der Waals surface area contributed by atoms with Crippen molar-refractivity contribution in [2.24, 2.45) is 5.10 Å². The van der Waals surface area contributed by atoms with Gasteiger partial charge in [-0.3, -0.25) is 19.7 Å². The van der Waals surface area contributed by atoms with Crippen LogP contribution in [0.15, 0.2) is 47.6 Å². The van der Waals surface area contributed by atoms with Gasteiger partial charge < -0.3 is 15.2 Å². The van der Waals surface area contributed by atoms with Gasteiger partial charge >= 0.3 is 17.5 Å². The van der Waals surface area contributed by atoms with Crippen LogP contribution in [0, 0.1) is 10.1 Å². The zero-order valence-electron chi connectivity index (χ0n) is 15.8. The standard InChI is InChI=1S/C19H20N4O6/c1-3-29-16-10-13(9-15(17(16)24)23(27)28)11-20-22-19(26)18(25)21-12(2)14-7-5-4-6-8-14/h4-12,24H,3H2,1-2H3,(H,21,25)(H,22,26)/b20-11+/t12-/m0/s1. The van der Waals surface area contributed by atoms with E-state index < -0.39 is 28.2 Å². The number of carbonyl (C=O) groups excluding carboxylic acids is 2.